The first kappa shape index (κ1) is 11.9. The van der Waals surface area contributed by atoms with Gasteiger partial charge in [-0.2, -0.15) is 0 Å². The molecule has 2 aliphatic heterocycles. The Morgan fingerprint density at radius 1 is 1.38 bits per heavy atom. The summed E-state index contributed by atoms with van der Waals surface area (Å²) in [6.45, 7) is 4.06. The van der Waals surface area contributed by atoms with E-state index in [1.807, 2.05) is 4.90 Å². The van der Waals surface area contributed by atoms with Gasteiger partial charge in [-0.3, -0.25) is 4.79 Å². The fourth-order valence-electron chi connectivity index (χ4n) is 2.74. The maximum absolute atomic E-state index is 12.0. The maximum Gasteiger partial charge on any atom is 0.222 e. The molecule has 2 unspecified atom stereocenters. The molecule has 2 saturated heterocycles. The van der Waals surface area contributed by atoms with E-state index in [2.05, 4.69) is 5.32 Å². The highest BCUT2D eigenvalue weighted by atomic mass is 16.3. The third kappa shape index (κ3) is 2.95. The zero-order chi connectivity index (χ0) is 11.4. The first-order chi connectivity index (χ1) is 7.79. The van der Waals surface area contributed by atoms with Crippen molar-refractivity contribution < 1.29 is 9.90 Å². The van der Waals surface area contributed by atoms with Crippen LogP contribution in [0.1, 0.15) is 25.7 Å². The average Bonchev–Trinajstić information content (AvgIpc) is 2.89. The van der Waals surface area contributed by atoms with Crippen LogP contribution >= 0.6 is 0 Å². The zero-order valence-corrected chi connectivity index (χ0v) is 9.82. The van der Waals surface area contributed by atoms with Crippen molar-refractivity contribution in [3.63, 3.8) is 0 Å². The van der Waals surface area contributed by atoms with Gasteiger partial charge < -0.3 is 15.3 Å². The van der Waals surface area contributed by atoms with E-state index in [9.17, 15) is 4.79 Å². The summed E-state index contributed by atoms with van der Waals surface area (Å²) in [7, 11) is 0. The third-order valence-electron chi connectivity index (χ3n) is 3.80. The average molecular weight is 226 g/mol. The highest BCUT2D eigenvalue weighted by Crippen LogP contribution is 2.22. The smallest absolute Gasteiger partial charge is 0.222 e. The molecule has 4 nitrogen and oxygen atoms in total. The van der Waals surface area contributed by atoms with Crippen LogP contribution < -0.4 is 5.32 Å². The van der Waals surface area contributed by atoms with Crippen molar-refractivity contribution in [3.05, 3.63) is 0 Å². The van der Waals surface area contributed by atoms with Crippen molar-refractivity contribution in [2.24, 2.45) is 11.8 Å². The minimum atomic E-state index is 0.249. The second-order valence-corrected chi connectivity index (χ2v) is 5.07. The molecule has 0 bridgehead atoms. The molecule has 16 heavy (non-hydrogen) atoms. The van der Waals surface area contributed by atoms with Crippen molar-refractivity contribution in [1.29, 1.82) is 0 Å². The second kappa shape index (κ2) is 5.64. The highest BCUT2D eigenvalue weighted by molar-refractivity contribution is 5.76. The highest BCUT2D eigenvalue weighted by Gasteiger charge is 2.27. The molecule has 0 saturated carbocycles. The van der Waals surface area contributed by atoms with Gasteiger partial charge in [0.2, 0.25) is 5.91 Å². The molecule has 0 aromatic heterocycles. The Labute approximate surface area is 97.0 Å². The van der Waals surface area contributed by atoms with Gasteiger partial charge in [0.15, 0.2) is 0 Å². The van der Waals surface area contributed by atoms with Gasteiger partial charge in [-0.25, -0.2) is 0 Å². The Morgan fingerprint density at radius 3 is 2.94 bits per heavy atom. The molecule has 0 aromatic carbocycles. The van der Waals surface area contributed by atoms with E-state index >= 15 is 0 Å². The number of carbonyl (C=O) groups is 1. The van der Waals surface area contributed by atoms with Crippen molar-refractivity contribution in [1.82, 2.24) is 10.2 Å². The summed E-state index contributed by atoms with van der Waals surface area (Å²) in [5.74, 6) is 1.38. The number of carbonyl (C=O) groups excluding carboxylic acids is 1. The molecule has 2 aliphatic rings. The van der Waals surface area contributed by atoms with E-state index < -0.39 is 0 Å². The van der Waals surface area contributed by atoms with Crippen LogP contribution in [0.5, 0.6) is 0 Å². The normalized spacial score (nSPS) is 29.9. The monoisotopic (exact) mass is 226 g/mol. The molecule has 4 heteroatoms. The lowest BCUT2D eigenvalue weighted by molar-refractivity contribution is -0.131. The third-order valence-corrected chi connectivity index (χ3v) is 3.80. The number of likely N-dealkylation sites (tertiary alicyclic amines) is 1. The summed E-state index contributed by atoms with van der Waals surface area (Å²) in [6, 6.07) is 0. The Bertz CT molecular complexity index is 239. The van der Waals surface area contributed by atoms with E-state index in [0.717, 1.165) is 45.4 Å². The lowest BCUT2D eigenvalue weighted by Crippen LogP contribution is -2.30. The van der Waals surface area contributed by atoms with Crippen LogP contribution in [0.2, 0.25) is 0 Å². The van der Waals surface area contributed by atoms with Crippen molar-refractivity contribution >= 4 is 5.91 Å². The van der Waals surface area contributed by atoms with Gasteiger partial charge in [0, 0.05) is 26.1 Å². The molecule has 2 N–H and O–H groups in total. The van der Waals surface area contributed by atoms with Crippen LogP contribution in [0, 0.1) is 11.8 Å². The molecular weight excluding hydrogens is 204 g/mol. The number of nitrogens with one attached hydrogen (secondary N) is 1. The summed E-state index contributed by atoms with van der Waals surface area (Å²) in [5.41, 5.74) is 0. The van der Waals surface area contributed by atoms with Gasteiger partial charge in [0.25, 0.3) is 0 Å². The number of nitrogens with zero attached hydrogens (tertiary/aromatic N) is 1. The molecule has 1 amide bonds. The molecule has 2 rings (SSSR count). The van der Waals surface area contributed by atoms with Gasteiger partial charge >= 0.3 is 0 Å². The summed E-state index contributed by atoms with van der Waals surface area (Å²) in [6.07, 6.45) is 3.75. The predicted molar refractivity (Wildman–Crippen MR) is 62.0 cm³/mol. The van der Waals surface area contributed by atoms with Gasteiger partial charge in [-0.05, 0) is 44.2 Å². The Kier molecular flexibility index (Phi) is 4.18. The van der Waals surface area contributed by atoms with Crippen LogP contribution in [-0.2, 0) is 4.79 Å². The van der Waals surface area contributed by atoms with E-state index in [1.165, 1.54) is 0 Å². The first-order valence-corrected chi connectivity index (χ1v) is 6.39. The van der Waals surface area contributed by atoms with Gasteiger partial charge in [-0.15, -0.1) is 0 Å². The van der Waals surface area contributed by atoms with Gasteiger partial charge in [-0.1, -0.05) is 0 Å². The summed E-state index contributed by atoms with van der Waals surface area (Å²) in [4.78, 5) is 14.0. The quantitative estimate of drug-likeness (QED) is 0.721. The van der Waals surface area contributed by atoms with Crippen LogP contribution in [0.3, 0.4) is 0 Å². The fourth-order valence-corrected chi connectivity index (χ4v) is 2.74. The standard InChI is InChI=1S/C12H22N2O2/c15-6-3-10-2-5-14(9-10)12(16)7-11-1-4-13-8-11/h10-11,13,15H,1-9H2. The van der Waals surface area contributed by atoms with Crippen molar-refractivity contribution in [2.75, 3.05) is 32.8 Å². The maximum atomic E-state index is 12.0. The Hall–Kier alpha value is -0.610. The molecule has 0 spiro atoms. The van der Waals surface area contributed by atoms with Crippen molar-refractivity contribution in [3.8, 4) is 0 Å². The summed E-state index contributed by atoms with van der Waals surface area (Å²) in [5, 5.41) is 12.2. The van der Waals surface area contributed by atoms with E-state index in [4.69, 9.17) is 5.11 Å². The molecule has 0 aliphatic carbocycles. The Morgan fingerprint density at radius 2 is 2.25 bits per heavy atom. The van der Waals surface area contributed by atoms with Gasteiger partial charge in [0.05, 0.1) is 0 Å². The number of hydrogen-bond acceptors (Lipinski definition) is 3. The number of amides is 1. The SMILES string of the molecule is O=C(CC1CCNC1)N1CCC(CCO)C1. The van der Waals surface area contributed by atoms with E-state index in [-0.39, 0.29) is 6.61 Å². The predicted octanol–water partition coefficient (Wildman–Crippen LogP) is 0.217. The van der Waals surface area contributed by atoms with Crippen LogP contribution in [0.4, 0.5) is 0 Å². The molecule has 0 radical (unpaired) electrons. The molecular formula is C12H22N2O2. The molecule has 92 valence electrons. The number of aliphatic hydroxyl groups is 1. The Balaban J connectivity index is 1.73. The topological polar surface area (TPSA) is 52.6 Å². The van der Waals surface area contributed by atoms with Crippen LogP contribution in [0.15, 0.2) is 0 Å². The lowest BCUT2D eigenvalue weighted by Gasteiger charge is -2.18. The molecule has 0 aromatic rings. The van der Waals surface area contributed by atoms with Crippen LogP contribution in [-0.4, -0.2) is 48.7 Å². The summed E-state index contributed by atoms with van der Waals surface area (Å²) < 4.78 is 0. The summed E-state index contributed by atoms with van der Waals surface area (Å²) >= 11 is 0. The van der Waals surface area contributed by atoms with E-state index in [1.54, 1.807) is 0 Å². The first-order valence-electron chi connectivity index (χ1n) is 6.39. The molecule has 2 heterocycles. The largest absolute Gasteiger partial charge is 0.396 e. The minimum Gasteiger partial charge on any atom is -0.396 e. The molecule has 2 fully saturated rings. The number of aliphatic hydroxyl groups excluding tert-OH is 1. The van der Waals surface area contributed by atoms with Crippen LogP contribution in [0.25, 0.3) is 0 Å². The molecule has 2 atom stereocenters. The van der Waals surface area contributed by atoms with Gasteiger partial charge in [0.1, 0.15) is 0 Å². The second-order valence-electron chi connectivity index (χ2n) is 5.07. The number of rotatable bonds is 4. The lowest BCUT2D eigenvalue weighted by atomic mass is 10.0. The van der Waals surface area contributed by atoms with E-state index in [0.29, 0.717) is 24.2 Å². The fraction of sp³-hybridized carbons (Fsp3) is 0.917. The zero-order valence-electron chi connectivity index (χ0n) is 9.82. The number of hydrogen-bond donors (Lipinski definition) is 2. The minimum absolute atomic E-state index is 0.249. The van der Waals surface area contributed by atoms with Crippen molar-refractivity contribution in [2.45, 2.75) is 25.7 Å².